The minimum absolute atomic E-state index is 0.449. The fourth-order valence-electron chi connectivity index (χ4n) is 3.17. The van der Waals surface area contributed by atoms with E-state index in [0.717, 1.165) is 43.8 Å². The number of nitrogens with two attached hydrogens (primary N) is 1. The molecule has 3 aromatic carbocycles. The molecule has 1 heterocycles. The zero-order chi connectivity index (χ0) is 20.2. The zero-order valence-corrected chi connectivity index (χ0v) is 18.0. The minimum atomic E-state index is -0.449. The van der Waals surface area contributed by atoms with Crippen LogP contribution in [0.4, 0.5) is 0 Å². The first-order valence-electron chi connectivity index (χ1n) is 9.22. The second kappa shape index (κ2) is 8.86. The van der Waals surface area contributed by atoms with Crippen molar-refractivity contribution in [1.82, 2.24) is 10.3 Å². The van der Waals surface area contributed by atoms with E-state index in [1.54, 1.807) is 11.8 Å². The lowest BCUT2D eigenvalue weighted by Gasteiger charge is -2.06. The predicted octanol–water partition coefficient (Wildman–Crippen LogP) is 5.47. The summed E-state index contributed by atoms with van der Waals surface area (Å²) in [7, 11) is 0. The Morgan fingerprint density at radius 3 is 2.38 bits per heavy atom. The molecule has 0 bridgehead atoms. The quantitative estimate of drug-likeness (QED) is 0.338. The van der Waals surface area contributed by atoms with Crippen LogP contribution in [-0.4, -0.2) is 10.9 Å². The van der Waals surface area contributed by atoms with Crippen LogP contribution in [0, 0.1) is 0 Å². The molecule has 1 amide bonds. The van der Waals surface area contributed by atoms with E-state index < -0.39 is 5.91 Å². The normalized spacial score (nSPS) is 11.1. The highest BCUT2D eigenvalue weighted by molar-refractivity contribution is 9.10. The number of amides is 1. The van der Waals surface area contributed by atoms with Gasteiger partial charge in [-0.1, -0.05) is 70.2 Å². The van der Waals surface area contributed by atoms with Crippen molar-refractivity contribution >= 4 is 44.5 Å². The Bertz CT molecular complexity index is 1140. The van der Waals surface area contributed by atoms with E-state index in [1.807, 2.05) is 42.5 Å². The molecule has 0 aliphatic carbocycles. The van der Waals surface area contributed by atoms with E-state index in [1.165, 1.54) is 5.56 Å². The van der Waals surface area contributed by atoms with Gasteiger partial charge in [-0.2, -0.15) is 0 Å². The van der Waals surface area contributed by atoms with E-state index in [9.17, 15) is 4.79 Å². The third-order valence-corrected chi connectivity index (χ3v) is 6.26. The van der Waals surface area contributed by atoms with Crippen LogP contribution in [0.2, 0.25) is 0 Å². The van der Waals surface area contributed by atoms with Gasteiger partial charge in [-0.15, -0.1) is 0 Å². The van der Waals surface area contributed by atoms with Gasteiger partial charge in [-0.25, -0.2) is 0 Å². The average molecular weight is 466 g/mol. The number of nitrogens with one attached hydrogen (secondary N) is 2. The van der Waals surface area contributed by atoms with Crippen molar-refractivity contribution in [3.8, 4) is 0 Å². The lowest BCUT2D eigenvalue weighted by atomic mass is 10.1. The van der Waals surface area contributed by atoms with Crippen molar-refractivity contribution in [2.75, 3.05) is 0 Å². The minimum Gasteiger partial charge on any atom is -0.364 e. The van der Waals surface area contributed by atoms with Crippen molar-refractivity contribution in [2.45, 2.75) is 22.9 Å². The molecule has 4 aromatic rings. The lowest BCUT2D eigenvalue weighted by Crippen LogP contribution is -2.12. The SMILES string of the molecule is NC(=O)c1[nH]c2cc(CNCc3ccc(Br)cc3)ccc2c1Sc1ccccc1. The number of hydrogen-bond donors (Lipinski definition) is 3. The molecule has 6 heteroatoms. The second-order valence-electron chi connectivity index (χ2n) is 6.72. The third-order valence-electron chi connectivity index (χ3n) is 4.60. The Kier molecular flexibility index (Phi) is 6.04. The number of carbonyl (C=O) groups is 1. The van der Waals surface area contributed by atoms with Crippen LogP contribution in [0.1, 0.15) is 21.6 Å². The van der Waals surface area contributed by atoms with Crippen molar-refractivity contribution in [1.29, 1.82) is 0 Å². The molecule has 0 aliphatic heterocycles. The number of carbonyl (C=O) groups excluding carboxylic acids is 1. The van der Waals surface area contributed by atoms with Crippen LogP contribution in [-0.2, 0) is 13.1 Å². The average Bonchev–Trinajstić information content (AvgIpc) is 3.08. The van der Waals surface area contributed by atoms with Crippen LogP contribution in [0.15, 0.2) is 87.1 Å². The summed E-state index contributed by atoms with van der Waals surface area (Å²) < 4.78 is 1.08. The first-order chi connectivity index (χ1) is 14.1. The standard InChI is InChI=1S/C23H20BrN3OS/c24-17-9-6-15(7-10-17)13-26-14-16-8-11-19-20(12-16)27-21(23(25)28)22(19)29-18-4-2-1-3-5-18/h1-12,26-27H,13-14H2,(H2,25,28). The molecule has 0 radical (unpaired) electrons. The molecular weight excluding hydrogens is 446 g/mol. The van der Waals surface area contributed by atoms with Gasteiger partial charge in [0.2, 0.25) is 0 Å². The molecular formula is C23H20BrN3OS. The van der Waals surface area contributed by atoms with Crippen molar-refractivity contribution < 1.29 is 4.79 Å². The monoisotopic (exact) mass is 465 g/mol. The number of rotatable bonds is 7. The molecule has 0 spiro atoms. The van der Waals surface area contributed by atoms with Crippen LogP contribution in [0.25, 0.3) is 10.9 Å². The molecule has 0 unspecified atom stereocenters. The first-order valence-corrected chi connectivity index (χ1v) is 10.8. The maximum absolute atomic E-state index is 12.0. The van der Waals surface area contributed by atoms with Crippen molar-refractivity contribution in [3.63, 3.8) is 0 Å². The topological polar surface area (TPSA) is 70.9 Å². The highest BCUT2D eigenvalue weighted by atomic mass is 79.9. The van der Waals surface area contributed by atoms with Gasteiger partial charge in [0.1, 0.15) is 5.69 Å². The third kappa shape index (κ3) is 4.72. The molecule has 4 N–H and O–H groups in total. The summed E-state index contributed by atoms with van der Waals surface area (Å²) in [4.78, 5) is 17.1. The van der Waals surface area contributed by atoms with Gasteiger partial charge in [-0.05, 0) is 41.5 Å². The summed E-state index contributed by atoms with van der Waals surface area (Å²) in [6.07, 6.45) is 0. The maximum atomic E-state index is 12.0. The summed E-state index contributed by atoms with van der Waals surface area (Å²) >= 11 is 5.00. The fourth-order valence-corrected chi connectivity index (χ4v) is 4.50. The van der Waals surface area contributed by atoms with Gasteiger partial charge in [0.25, 0.3) is 5.91 Å². The van der Waals surface area contributed by atoms with Gasteiger partial charge < -0.3 is 16.0 Å². The molecule has 0 atom stereocenters. The number of aromatic nitrogens is 1. The Morgan fingerprint density at radius 1 is 0.966 bits per heavy atom. The fraction of sp³-hybridized carbons (Fsp3) is 0.0870. The Balaban J connectivity index is 1.54. The van der Waals surface area contributed by atoms with Crippen LogP contribution < -0.4 is 11.1 Å². The molecule has 0 fully saturated rings. The molecule has 0 saturated heterocycles. The number of benzene rings is 3. The zero-order valence-electron chi connectivity index (χ0n) is 15.6. The lowest BCUT2D eigenvalue weighted by molar-refractivity contribution is 0.0993. The van der Waals surface area contributed by atoms with Gasteiger partial charge >= 0.3 is 0 Å². The van der Waals surface area contributed by atoms with Crippen LogP contribution >= 0.6 is 27.7 Å². The first kappa shape index (κ1) is 19.8. The smallest absolute Gasteiger partial charge is 0.266 e. The number of halogens is 1. The van der Waals surface area contributed by atoms with E-state index in [-0.39, 0.29) is 0 Å². The molecule has 1 aromatic heterocycles. The summed E-state index contributed by atoms with van der Waals surface area (Å²) in [6, 6.07) is 24.5. The summed E-state index contributed by atoms with van der Waals surface area (Å²) in [6.45, 7) is 1.52. The van der Waals surface area contributed by atoms with Crippen molar-refractivity contribution in [3.05, 3.63) is 94.1 Å². The van der Waals surface area contributed by atoms with Gasteiger partial charge in [0, 0.05) is 33.4 Å². The summed E-state index contributed by atoms with van der Waals surface area (Å²) in [5.74, 6) is -0.449. The number of aromatic amines is 1. The van der Waals surface area contributed by atoms with Gasteiger partial charge in [0.15, 0.2) is 0 Å². The molecule has 4 nitrogen and oxygen atoms in total. The molecule has 0 aliphatic rings. The summed E-state index contributed by atoms with van der Waals surface area (Å²) in [5, 5.41) is 4.46. The highest BCUT2D eigenvalue weighted by Crippen LogP contribution is 2.36. The number of fused-ring (bicyclic) bond motifs is 1. The number of H-pyrrole nitrogens is 1. The van der Waals surface area contributed by atoms with E-state index in [4.69, 9.17) is 5.73 Å². The second-order valence-corrected chi connectivity index (χ2v) is 8.72. The largest absolute Gasteiger partial charge is 0.364 e. The number of hydrogen-bond acceptors (Lipinski definition) is 3. The Morgan fingerprint density at radius 2 is 1.66 bits per heavy atom. The predicted molar refractivity (Wildman–Crippen MR) is 122 cm³/mol. The van der Waals surface area contributed by atoms with Crippen molar-refractivity contribution in [2.24, 2.45) is 5.73 Å². The van der Waals surface area contributed by atoms with Crippen LogP contribution in [0.5, 0.6) is 0 Å². The molecule has 146 valence electrons. The summed E-state index contributed by atoms with van der Waals surface area (Å²) in [5.41, 5.74) is 9.37. The van der Waals surface area contributed by atoms with E-state index in [0.29, 0.717) is 5.69 Å². The molecule has 4 rings (SSSR count). The van der Waals surface area contributed by atoms with Gasteiger partial charge in [-0.3, -0.25) is 4.79 Å². The van der Waals surface area contributed by atoms with Gasteiger partial charge in [0.05, 0.1) is 4.90 Å². The number of primary amides is 1. The Hall–Kier alpha value is -2.54. The molecule has 29 heavy (non-hydrogen) atoms. The van der Waals surface area contributed by atoms with E-state index >= 15 is 0 Å². The Labute approximate surface area is 182 Å². The molecule has 0 saturated carbocycles. The highest BCUT2D eigenvalue weighted by Gasteiger charge is 2.17. The van der Waals surface area contributed by atoms with E-state index in [2.05, 4.69) is 56.6 Å². The van der Waals surface area contributed by atoms with Crippen LogP contribution in [0.3, 0.4) is 0 Å². The maximum Gasteiger partial charge on any atom is 0.266 e.